The van der Waals surface area contributed by atoms with Crippen molar-refractivity contribution >= 4 is 16.5 Å². The Hall–Kier alpha value is -1.43. The van der Waals surface area contributed by atoms with E-state index < -0.39 is 0 Å². The van der Waals surface area contributed by atoms with Crippen LogP contribution in [0.3, 0.4) is 0 Å². The van der Waals surface area contributed by atoms with Crippen molar-refractivity contribution in [3.8, 4) is 0 Å². The molecule has 2 aliphatic rings. The van der Waals surface area contributed by atoms with Crippen LogP contribution in [-0.4, -0.2) is 47.2 Å². The molecule has 23 heavy (non-hydrogen) atoms. The first-order valence-electron chi connectivity index (χ1n) is 8.39. The highest BCUT2D eigenvalue weighted by atomic mass is 32.1. The highest BCUT2D eigenvalue weighted by Crippen LogP contribution is 2.35. The average Bonchev–Trinajstić information content (AvgIpc) is 3.03. The number of anilines is 1. The van der Waals surface area contributed by atoms with Gasteiger partial charge in [0.1, 0.15) is 0 Å². The molecule has 4 nitrogen and oxygen atoms in total. The summed E-state index contributed by atoms with van der Waals surface area (Å²) < 4.78 is 0. The van der Waals surface area contributed by atoms with Gasteiger partial charge in [-0.3, -0.25) is 4.90 Å². The lowest BCUT2D eigenvalue weighted by atomic mass is 10.1. The van der Waals surface area contributed by atoms with Gasteiger partial charge in [-0.05, 0) is 30.9 Å². The molecule has 4 rings (SSSR count). The molecule has 1 aliphatic heterocycles. The molecule has 2 atom stereocenters. The number of hydrogen-bond donors (Lipinski definition) is 1. The normalized spacial score (nSPS) is 25.4. The van der Waals surface area contributed by atoms with Crippen molar-refractivity contribution < 1.29 is 5.11 Å². The second kappa shape index (κ2) is 6.23. The van der Waals surface area contributed by atoms with E-state index in [4.69, 9.17) is 0 Å². The Morgan fingerprint density at radius 2 is 2.04 bits per heavy atom. The van der Waals surface area contributed by atoms with Crippen LogP contribution in [0.1, 0.15) is 29.3 Å². The van der Waals surface area contributed by atoms with Crippen molar-refractivity contribution in [2.45, 2.75) is 31.9 Å². The third-order valence-corrected chi connectivity index (χ3v) is 6.06. The fraction of sp³-hybridized carbons (Fsp3) is 0.500. The number of hydrogen-bond acceptors (Lipinski definition) is 5. The SMILES string of the molecule is Cc1csc(N2CCCN(C3Cc4ccccc4C3O)CC2)n1. The predicted molar refractivity (Wildman–Crippen MR) is 94.1 cm³/mol. The van der Waals surface area contributed by atoms with Crippen LogP contribution in [0.2, 0.25) is 0 Å². The summed E-state index contributed by atoms with van der Waals surface area (Å²) >= 11 is 1.74. The van der Waals surface area contributed by atoms with Gasteiger partial charge in [0.2, 0.25) is 0 Å². The van der Waals surface area contributed by atoms with E-state index in [1.54, 1.807) is 11.3 Å². The molecule has 1 aliphatic carbocycles. The number of aromatic nitrogens is 1. The molecule has 2 unspecified atom stereocenters. The summed E-state index contributed by atoms with van der Waals surface area (Å²) in [6.45, 7) is 6.15. The van der Waals surface area contributed by atoms with Crippen LogP contribution in [0.5, 0.6) is 0 Å². The van der Waals surface area contributed by atoms with Gasteiger partial charge < -0.3 is 10.0 Å². The van der Waals surface area contributed by atoms with Crippen molar-refractivity contribution in [2.75, 3.05) is 31.1 Å². The molecule has 0 radical (unpaired) electrons. The zero-order chi connectivity index (χ0) is 15.8. The Kier molecular flexibility index (Phi) is 4.09. The number of aliphatic hydroxyl groups excluding tert-OH is 1. The van der Waals surface area contributed by atoms with E-state index in [1.165, 1.54) is 5.56 Å². The first-order valence-corrected chi connectivity index (χ1v) is 9.27. The summed E-state index contributed by atoms with van der Waals surface area (Å²) in [6, 6.07) is 8.55. The predicted octanol–water partition coefficient (Wildman–Crippen LogP) is 2.62. The van der Waals surface area contributed by atoms with Gasteiger partial charge in [0.15, 0.2) is 5.13 Å². The third-order valence-electron chi connectivity index (χ3n) is 5.04. The number of aliphatic hydroxyl groups is 1. The molecule has 1 saturated heterocycles. The third kappa shape index (κ3) is 2.89. The number of aryl methyl sites for hydroxylation is 1. The first-order chi connectivity index (χ1) is 11.2. The van der Waals surface area contributed by atoms with Gasteiger partial charge in [0.05, 0.1) is 11.8 Å². The topological polar surface area (TPSA) is 39.6 Å². The van der Waals surface area contributed by atoms with E-state index in [0.717, 1.165) is 55.4 Å². The number of benzene rings is 1. The summed E-state index contributed by atoms with van der Waals surface area (Å²) in [7, 11) is 0. The van der Waals surface area contributed by atoms with Gasteiger partial charge >= 0.3 is 0 Å². The Bertz CT molecular complexity index is 686. The molecule has 0 amide bonds. The van der Waals surface area contributed by atoms with E-state index in [9.17, 15) is 5.11 Å². The molecule has 122 valence electrons. The van der Waals surface area contributed by atoms with Crippen molar-refractivity contribution in [2.24, 2.45) is 0 Å². The monoisotopic (exact) mass is 329 g/mol. The Labute approximate surface area is 141 Å². The Morgan fingerprint density at radius 1 is 1.17 bits per heavy atom. The molecule has 1 aromatic carbocycles. The second-order valence-corrected chi connectivity index (χ2v) is 7.40. The summed E-state index contributed by atoms with van der Waals surface area (Å²) in [5, 5.41) is 14.0. The Balaban J connectivity index is 1.46. The minimum absolute atomic E-state index is 0.227. The average molecular weight is 329 g/mol. The lowest BCUT2D eigenvalue weighted by Gasteiger charge is -2.30. The molecular weight excluding hydrogens is 306 g/mol. The van der Waals surface area contributed by atoms with Gasteiger partial charge in [0, 0.05) is 37.6 Å². The number of fused-ring (bicyclic) bond motifs is 1. The van der Waals surface area contributed by atoms with Crippen LogP contribution >= 0.6 is 11.3 Å². The molecule has 0 saturated carbocycles. The van der Waals surface area contributed by atoms with E-state index in [-0.39, 0.29) is 12.1 Å². The number of rotatable bonds is 2. The van der Waals surface area contributed by atoms with Crippen LogP contribution in [-0.2, 0) is 6.42 Å². The second-order valence-electron chi connectivity index (χ2n) is 6.56. The molecule has 2 aromatic rings. The number of nitrogens with zero attached hydrogens (tertiary/aromatic N) is 3. The van der Waals surface area contributed by atoms with Crippen LogP contribution in [0.4, 0.5) is 5.13 Å². The standard InChI is InChI=1S/C18H23N3OS/c1-13-12-23-18(19-13)21-8-4-7-20(9-10-21)16-11-14-5-2-3-6-15(14)17(16)22/h2-3,5-6,12,16-17,22H,4,7-11H2,1H3. The number of thiazole rings is 1. The van der Waals surface area contributed by atoms with Crippen molar-refractivity contribution in [1.82, 2.24) is 9.88 Å². The maximum absolute atomic E-state index is 10.7. The van der Waals surface area contributed by atoms with Gasteiger partial charge in [0.25, 0.3) is 0 Å². The van der Waals surface area contributed by atoms with E-state index >= 15 is 0 Å². The lowest BCUT2D eigenvalue weighted by molar-refractivity contribution is 0.0647. The Morgan fingerprint density at radius 3 is 2.83 bits per heavy atom. The van der Waals surface area contributed by atoms with E-state index in [0.29, 0.717) is 0 Å². The fourth-order valence-electron chi connectivity index (χ4n) is 3.83. The minimum atomic E-state index is -0.347. The summed E-state index contributed by atoms with van der Waals surface area (Å²) in [4.78, 5) is 9.49. The van der Waals surface area contributed by atoms with Crippen LogP contribution in [0, 0.1) is 6.92 Å². The van der Waals surface area contributed by atoms with Gasteiger partial charge in [-0.1, -0.05) is 24.3 Å². The van der Waals surface area contributed by atoms with Gasteiger partial charge in [-0.15, -0.1) is 11.3 Å². The van der Waals surface area contributed by atoms with Crippen molar-refractivity contribution in [3.05, 3.63) is 46.5 Å². The molecule has 1 N–H and O–H groups in total. The van der Waals surface area contributed by atoms with Crippen molar-refractivity contribution in [3.63, 3.8) is 0 Å². The van der Waals surface area contributed by atoms with Crippen LogP contribution in [0.25, 0.3) is 0 Å². The molecule has 5 heteroatoms. The maximum Gasteiger partial charge on any atom is 0.185 e. The van der Waals surface area contributed by atoms with Crippen molar-refractivity contribution in [1.29, 1.82) is 0 Å². The summed E-state index contributed by atoms with van der Waals surface area (Å²) in [6.07, 6.45) is 1.74. The smallest absolute Gasteiger partial charge is 0.185 e. The quantitative estimate of drug-likeness (QED) is 0.919. The van der Waals surface area contributed by atoms with E-state index in [2.05, 4.69) is 45.3 Å². The maximum atomic E-state index is 10.7. The lowest BCUT2D eigenvalue weighted by Crippen LogP contribution is -2.40. The highest BCUT2D eigenvalue weighted by Gasteiger charge is 2.35. The molecule has 1 fully saturated rings. The zero-order valence-corrected chi connectivity index (χ0v) is 14.3. The van der Waals surface area contributed by atoms with Gasteiger partial charge in [-0.25, -0.2) is 4.98 Å². The molecule has 2 heterocycles. The van der Waals surface area contributed by atoms with Crippen LogP contribution < -0.4 is 4.90 Å². The summed E-state index contributed by atoms with van der Waals surface area (Å²) in [5.74, 6) is 0. The molecule has 0 bridgehead atoms. The molecule has 1 aromatic heterocycles. The molecular formula is C18H23N3OS. The van der Waals surface area contributed by atoms with Gasteiger partial charge in [-0.2, -0.15) is 0 Å². The largest absolute Gasteiger partial charge is 0.387 e. The minimum Gasteiger partial charge on any atom is -0.387 e. The van der Waals surface area contributed by atoms with Crippen LogP contribution in [0.15, 0.2) is 29.6 Å². The fourth-order valence-corrected chi connectivity index (χ4v) is 4.69. The molecule has 0 spiro atoms. The summed E-state index contributed by atoms with van der Waals surface area (Å²) in [5.41, 5.74) is 3.53. The first kappa shape index (κ1) is 15.1. The van der Waals surface area contributed by atoms with E-state index in [1.807, 2.05) is 6.07 Å². The zero-order valence-electron chi connectivity index (χ0n) is 13.5. The highest BCUT2D eigenvalue weighted by molar-refractivity contribution is 7.13.